The Morgan fingerprint density at radius 2 is 2.19 bits per heavy atom. The summed E-state index contributed by atoms with van der Waals surface area (Å²) >= 11 is 0. The zero-order chi connectivity index (χ0) is 14.9. The van der Waals surface area contributed by atoms with E-state index >= 15 is 0 Å². The van der Waals surface area contributed by atoms with Crippen molar-refractivity contribution < 1.29 is 9.18 Å². The normalized spacial score (nSPS) is 25.7. The van der Waals surface area contributed by atoms with Gasteiger partial charge in [-0.3, -0.25) is 0 Å². The summed E-state index contributed by atoms with van der Waals surface area (Å²) in [6, 6.07) is -0.280. The predicted molar refractivity (Wildman–Crippen MR) is 77.8 cm³/mol. The van der Waals surface area contributed by atoms with Gasteiger partial charge in [0.1, 0.15) is 11.5 Å². The number of hydrogen-bond acceptors (Lipinski definition) is 3. The SMILES string of the molecule is C[C@@]1(F)CCCN(C(=O)Nc2cnc(CC3CC3)nc2)C1. The molecule has 5 nitrogen and oxygen atoms in total. The number of urea groups is 1. The van der Waals surface area contributed by atoms with Crippen LogP contribution in [0.4, 0.5) is 14.9 Å². The number of alkyl halides is 1. The van der Waals surface area contributed by atoms with E-state index in [1.165, 1.54) is 17.7 Å². The van der Waals surface area contributed by atoms with Gasteiger partial charge in [-0.25, -0.2) is 19.2 Å². The Labute approximate surface area is 124 Å². The van der Waals surface area contributed by atoms with Crippen LogP contribution < -0.4 is 5.32 Å². The molecule has 1 aliphatic heterocycles. The molecule has 1 saturated heterocycles. The zero-order valence-corrected chi connectivity index (χ0v) is 12.3. The van der Waals surface area contributed by atoms with Gasteiger partial charge in [0, 0.05) is 13.0 Å². The van der Waals surface area contributed by atoms with Gasteiger partial charge >= 0.3 is 6.03 Å². The second kappa shape index (κ2) is 5.58. The first-order valence-corrected chi connectivity index (χ1v) is 7.58. The summed E-state index contributed by atoms with van der Waals surface area (Å²) in [5, 5.41) is 2.74. The molecule has 0 aromatic carbocycles. The van der Waals surface area contributed by atoms with Crippen molar-refractivity contribution in [2.75, 3.05) is 18.4 Å². The molecular weight excluding hydrogens is 271 g/mol. The predicted octanol–water partition coefficient (Wildman–Crippen LogP) is 2.79. The van der Waals surface area contributed by atoms with E-state index in [9.17, 15) is 9.18 Å². The molecule has 1 aromatic heterocycles. The van der Waals surface area contributed by atoms with Crippen molar-refractivity contribution in [1.82, 2.24) is 14.9 Å². The van der Waals surface area contributed by atoms with Gasteiger partial charge in [-0.15, -0.1) is 0 Å². The van der Waals surface area contributed by atoms with Crippen molar-refractivity contribution in [3.8, 4) is 0 Å². The number of nitrogens with zero attached hydrogens (tertiary/aromatic N) is 3. The number of likely N-dealkylation sites (tertiary alicyclic amines) is 1. The smallest absolute Gasteiger partial charge is 0.321 e. The molecule has 2 aliphatic rings. The van der Waals surface area contributed by atoms with Crippen molar-refractivity contribution in [3.05, 3.63) is 18.2 Å². The van der Waals surface area contributed by atoms with Gasteiger partial charge in [-0.1, -0.05) is 0 Å². The van der Waals surface area contributed by atoms with Gasteiger partial charge in [0.25, 0.3) is 0 Å². The maximum absolute atomic E-state index is 14.0. The number of rotatable bonds is 3. The minimum atomic E-state index is -1.29. The first-order chi connectivity index (χ1) is 10.0. The van der Waals surface area contributed by atoms with Crippen LogP contribution in [0.25, 0.3) is 0 Å². The second-order valence-electron chi connectivity index (χ2n) is 6.40. The molecule has 1 saturated carbocycles. The van der Waals surface area contributed by atoms with Crippen LogP contribution in [0.5, 0.6) is 0 Å². The molecule has 0 unspecified atom stereocenters. The summed E-state index contributed by atoms with van der Waals surface area (Å²) < 4.78 is 14.0. The van der Waals surface area contributed by atoms with Crippen LogP contribution in [0.3, 0.4) is 0 Å². The molecule has 6 heteroatoms. The quantitative estimate of drug-likeness (QED) is 0.932. The second-order valence-corrected chi connectivity index (χ2v) is 6.40. The maximum Gasteiger partial charge on any atom is 0.322 e. The van der Waals surface area contributed by atoms with Crippen LogP contribution in [-0.2, 0) is 6.42 Å². The molecule has 2 amide bonds. The highest BCUT2D eigenvalue weighted by molar-refractivity contribution is 5.89. The number of carbonyl (C=O) groups excluding carboxylic acids is 1. The highest BCUT2D eigenvalue weighted by Gasteiger charge is 2.32. The Morgan fingerprint density at radius 3 is 2.81 bits per heavy atom. The van der Waals surface area contributed by atoms with E-state index in [1.807, 2.05) is 0 Å². The van der Waals surface area contributed by atoms with E-state index in [0.717, 1.165) is 18.2 Å². The van der Waals surface area contributed by atoms with Crippen LogP contribution >= 0.6 is 0 Å². The molecule has 1 atom stereocenters. The van der Waals surface area contributed by atoms with Crippen LogP contribution in [0, 0.1) is 5.92 Å². The standard InChI is InChI=1S/C15H21FN4O/c1-15(16)5-2-6-20(10-15)14(21)19-12-8-17-13(18-9-12)7-11-3-4-11/h8-9,11H,2-7,10H2,1H3,(H,19,21)/t15-/m1/s1. The number of nitrogens with one attached hydrogen (secondary N) is 1. The van der Waals surface area contributed by atoms with Gasteiger partial charge in [0.15, 0.2) is 0 Å². The number of anilines is 1. The molecule has 114 valence electrons. The Morgan fingerprint density at radius 1 is 1.48 bits per heavy atom. The van der Waals surface area contributed by atoms with Gasteiger partial charge < -0.3 is 10.2 Å². The lowest BCUT2D eigenvalue weighted by atomic mass is 9.97. The van der Waals surface area contributed by atoms with E-state index in [1.54, 1.807) is 19.3 Å². The van der Waals surface area contributed by atoms with Crippen molar-refractivity contribution in [1.29, 1.82) is 0 Å². The monoisotopic (exact) mass is 292 g/mol. The lowest BCUT2D eigenvalue weighted by molar-refractivity contribution is 0.0808. The molecule has 3 rings (SSSR count). The van der Waals surface area contributed by atoms with E-state index in [-0.39, 0.29) is 12.6 Å². The molecule has 0 bridgehead atoms. The fourth-order valence-corrected chi connectivity index (χ4v) is 2.68. The molecule has 0 radical (unpaired) electrons. The van der Waals surface area contributed by atoms with Gasteiger partial charge in [-0.2, -0.15) is 0 Å². The summed E-state index contributed by atoms with van der Waals surface area (Å²) in [5.74, 6) is 1.56. The molecule has 2 heterocycles. The Balaban J connectivity index is 1.56. The summed E-state index contributed by atoms with van der Waals surface area (Å²) in [6.45, 7) is 2.27. The van der Waals surface area contributed by atoms with Crippen molar-refractivity contribution >= 4 is 11.7 Å². The Kier molecular flexibility index (Phi) is 3.78. The lowest BCUT2D eigenvalue weighted by Gasteiger charge is -2.34. The minimum absolute atomic E-state index is 0.138. The first kappa shape index (κ1) is 14.2. The average Bonchev–Trinajstić information content (AvgIpc) is 3.24. The lowest BCUT2D eigenvalue weighted by Crippen LogP contribution is -2.48. The number of halogens is 1. The fourth-order valence-electron chi connectivity index (χ4n) is 2.68. The summed E-state index contributed by atoms with van der Waals surface area (Å²) in [4.78, 5) is 22.2. The van der Waals surface area contributed by atoms with Crippen molar-refractivity contribution in [2.24, 2.45) is 5.92 Å². The van der Waals surface area contributed by atoms with Crippen LogP contribution in [-0.4, -0.2) is 39.7 Å². The largest absolute Gasteiger partial charge is 0.322 e. The number of hydrogen-bond donors (Lipinski definition) is 1. The highest BCUT2D eigenvalue weighted by atomic mass is 19.1. The maximum atomic E-state index is 14.0. The van der Waals surface area contributed by atoms with Gasteiger partial charge in [-0.05, 0) is 38.5 Å². The average molecular weight is 292 g/mol. The molecule has 0 spiro atoms. The number of aromatic nitrogens is 2. The van der Waals surface area contributed by atoms with E-state index in [4.69, 9.17) is 0 Å². The van der Waals surface area contributed by atoms with Crippen molar-refractivity contribution in [2.45, 2.75) is 44.7 Å². The topological polar surface area (TPSA) is 58.1 Å². The highest BCUT2D eigenvalue weighted by Crippen LogP contribution is 2.31. The van der Waals surface area contributed by atoms with E-state index in [2.05, 4.69) is 15.3 Å². The van der Waals surface area contributed by atoms with E-state index < -0.39 is 5.67 Å². The van der Waals surface area contributed by atoms with Gasteiger partial charge in [0.2, 0.25) is 0 Å². The van der Waals surface area contributed by atoms with Crippen LogP contribution in [0.15, 0.2) is 12.4 Å². The molecule has 2 fully saturated rings. The van der Waals surface area contributed by atoms with Crippen LogP contribution in [0.2, 0.25) is 0 Å². The molecule has 1 aromatic rings. The summed E-state index contributed by atoms with van der Waals surface area (Å²) in [5.41, 5.74) is -0.731. The molecular formula is C15H21FN4O. The molecule has 1 N–H and O–H groups in total. The third kappa shape index (κ3) is 3.89. The van der Waals surface area contributed by atoms with Gasteiger partial charge in [0.05, 0.1) is 24.6 Å². The van der Waals surface area contributed by atoms with E-state index in [0.29, 0.717) is 25.1 Å². The Hall–Kier alpha value is -1.72. The van der Waals surface area contributed by atoms with Crippen LogP contribution in [0.1, 0.15) is 38.4 Å². The minimum Gasteiger partial charge on any atom is -0.321 e. The fraction of sp³-hybridized carbons (Fsp3) is 0.667. The van der Waals surface area contributed by atoms with Crippen molar-refractivity contribution in [3.63, 3.8) is 0 Å². The summed E-state index contributed by atoms with van der Waals surface area (Å²) in [7, 11) is 0. The molecule has 1 aliphatic carbocycles. The Bertz CT molecular complexity index is 513. The zero-order valence-electron chi connectivity index (χ0n) is 12.3. The third-order valence-corrected chi connectivity index (χ3v) is 4.06. The first-order valence-electron chi connectivity index (χ1n) is 7.58. The molecule has 21 heavy (non-hydrogen) atoms. The third-order valence-electron chi connectivity index (χ3n) is 4.06. The number of amides is 2. The number of carbonyl (C=O) groups is 1. The number of piperidine rings is 1. The summed E-state index contributed by atoms with van der Waals surface area (Å²) in [6.07, 6.45) is 7.90.